The number of aliphatic hydroxyl groups excluding tert-OH is 11. The van der Waals surface area contributed by atoms with E-state index in [1.54, 1.807) is 20.8 Å². The highest BCUT2D eigenvalue weighted by molar-refractivity contribution is 4.99. The van der Waals surface area contributed by atoms with E-state index in [2.05, 4.69) is 0 Å². The van der Waals surface area contributed by atoms with Gasteiger partial charge in [-0.15, -0.1) is 0 Å². The topological polar surface area (TPSA) is 287 Å². The fourth-order valence-corrected chi connectivity index (χ4v) is 5.99. The molecule has 4 rings (SSSR count). The van der Waals surface area contributed by atoms with Crippen molar-refractivity contribution >= 4 is 0 Å². The zero-order chi connectivity index (χ0) is 33.3. The van der Waals surface area contributed by atoms with Gasteiger partial charge in [-0.25, -0.2) is 0 Å². The summed E-state index contributed by atoms with van der Waals surface area (Å²) in [6.07, 6.45) is -28.3. The molecular formula is C27H48O18. The van der Waals surface area contributed by atoms with Crippen molar-refractivity contribution in [2.75, 3.05) is 26.4 Å². The lowest BCUT2D eigenvalue weighted by Crippen LogP contribution is -2.68. The van der Waals surface area contributed by atoms with Crippen LogP contribution in [0.3, 0.4) is 0 Å². The van der Waals surface area contributed by atoms with Crippen molar-refractivity contribution in [1.29, 1.82) is 0 Å². The first-order chi connectivity index (χ1) is 21.2. The molecule has 18 nitrogen and oxygen atoms in total. The molecule has 0 aromatic carbocycles. The van der Waals surface area contributed by atoms with Gasteiger partial charge in [-0.05, 0) is 5.92 Å². The van der Waals surface area contributed by atoms with E-state index in [0.717, 1.165) is 0 Å². The van der Waals surface area contributed by atoms with Crippen molar-refractivity contribution in [3.63, 3.8) is 0 Å². The average molecular weight is 661 g/mol. The van der Waals surface area contributed by atoms with E-state index in [1.807, 2.05) is 0 Å². The minimum Gasteiger partial charge on any atom is -0.394 e. The summed E-state index contributed by atoms with van der Waals surface area (Å²) in [4.78, 5) is 0. The highest BCUT2D eigenvalue weighted by Gasteiger charge is 2.56. The molecule has 0 spiro atoms. The second-order valence-electron chi connectivity index (χ2n) is 12.4. The Morgan fingerprint density at radius 3 is 1.67 bits per heavy atom. The zero-order valence-electron chi connectivity index (χ0n) is 25.2. The second-order valence-corrected chi connectivity index (χ2v) is 12.4. The van der Waals surface area contributed by atoms with E-state index in [4.69, 9.17) is 33.2 Å². The maximum atomic E-state index is 11.2. The van der Waals surface area contributed by atoms with Gasteiger partial charge in [0.15, 0.2) is 18.9 Å². The molecule has 19 atom stereocenters. The van der Waals surface area contributed by atoms with Gasteiger partial charge in [-0.3, -0.25) is 0 Å². The summed E-state index contributed by atoms with van der Waals surface area (Å²) >= 11 is 0. The quantitative estimate of drug-likeness (QED) is 0.104. The van der Waals surface area contributed by atoms with Crippen LogP contribution in [0.4, 0.5) is 0 Å². The maximum Gasteiger partial charge on any atom is 0.187 e. The number of hydrogen-bond donors (Lipinski definition) is 11. The van der Waals surface area contributed by atoms with Crippen LogP contribution in [-0.2, 0) is 33.2 Å². The summed E-state index contributed by atoms with van der Waals surface area (Å²) in [5, 5.41) is 115. The van der Waals surface area contributed by atoms with E-state index in [9.17, 15) is 56.2 Å². The van der Waals surface area contributed by atoms with Crippen molar-refractivity contribution in [3.8, 4) is 0 Å². The highest BCUT2D eigenvalue weighted by Crippen LogP contribution is 2.36. The summed E-state index contributed by atoms with van der Waals surface area (Å²) < 4.78 is 40.4. The molecule has 4 aliphatic heterocycles. The Labute approximate surface area is 259 Å². The number of aliphatic hydroxyl groups is 11. The number of ether oxygens (including phenoxy) is 7. The highest BCUT2D eigenvalue weighted by atomic mass is 16.8. The molecule has 0 aliphatic carbocycles. The molecular weight excluding hydrogens is 612 g/mol. The lowest BCUT2D eigenvalue weighted by molar-refractivity contribution is -0.399. The molecule has 4 saturated heterocycles. The van der Waals surface area contributed by atoms with Crippen LogP contribution in [0.5, 0.6) is 0 Å². The summed E-state index contributed by atoms with van der Waals surface area (Å²) in [6.45, 7) is 2.76. The predicted molar refractivity (Wildman–Crippen MR) is 144 cm³/mol. The van der Waals surface area contributed by atoms with Crippen molar-refractivity contribution in [2.24, 2.45) is 11.8 Å². The lowest BCUT2D eigenvalue weighted by Gasteiger charge is -2.50. The molecule has 0 saturated carbocycles. The first-order valence-electron chi connectivity index (χ1n) is 15.1. The fourth-order valence-electron chi connectivity index (χ4n) is 5.99. The molecule has 4 aliphatic rings. The third-order valence-corrected chi connectivity index (χ3v) is 8.81. The Morgan fingerprint density at radius 2 is 1.07 bits per heavy atom. The van der Waals surface area contributed by atoms with Gasteiger partial charge in [0, 0.05) is 5.92 Å². The molecule has 4 fully saturated rings. The average Bonchev–Trinajstić information content (AvgIpc) is 3.01. The van der Waals surface area contributed by atoms with Crippen LogP contribution in [0.25, 0.3) is 0 Å². The molecule has 0 bridgehead atoms. The van der Waals surface area contributed by atoms with Crippen LogP contribution in [0.2, 0.25) is 0 Å². The van der Waals surface area contributed by atoms with Crippen LogP contribution in [-0.4, -0.2) is 193 Å². The van der Waals surface area contributed by atoms with Gasteiger partial charge in [-0.2, -0.15) is 0 Å². The van der Waals surface area contributed by atoms with Crippen LogP contribution >= 0.6 is 0 Å². The van der Waals surface area contributed by atoms with Gasteiger partial charge in [0.1, 0.15) is 79.4 Å². The first-order valence-corrected chi connectivity index (χ1v) is 15.1. The van der Waals surface area contributed by atoms with Crippen molar-refractivity contribution in [3.05, 3.63) is 0 Å². The van der Waals surface area contributed by atoms with E-state index in [1.165, 1.54) is 0 Å². The molecule has 11 N–H and O–H groups in total. The normalized spacial score (nSPS) is 51.4. The van der Waals surface area contributed by atoms with Crippen LogP contribution < -0.4 is 0 Å². The Balaban J connectivity index is 1.68. The SMILES string of the molecule is CC(C)[C@@H]1O[C@H](CO)[C@H](O[C@H]2O[C@H](CO)[C@@H](O)[C@H](O[C@@H]3OC[C@@H](C)[C@H](O)[C@H]3O)[C@H]2O[C@@H]2O[C@H](CO)[C@@H](O)[C@H](O)[C@H]2O)[C@H](O)[C@H]1O. The van der Waals surface area contributed by atoms with E-state index in [0.29, 0.717) is 0 Å². The molecule has 45 heavy (non-hydrogen) atoms. The predicted octanol–water partition coefficient (Wildman–Crippen LogP) is -6.13. The first kappa shape index (κ1) is 37.1. The van der Waals surface area contributed by atoms with Crippen molar-refractivity contribution in [1.82, 2.24) is 0 Å². The molecule has 0 radical (unpaired) electrons. The summed E-state index contributed by atoms with van der Waals surface area (Å²) in [5.41, 5.74) is 0. The smallest absolute Gasteiger partial charge is 0.187 e. The van der Waals surface area contributed by atoms with Gasteiger partial charge in [-0.1, -0.05) is 20.8 Å². The molecule has 0 aromatic rings. The van der Waals surface area contributed by atoms with Crippen molar-refractivity contribution < 1.29 is 89.3 Å². The fraction of sp³-hybridized carbons (Fsp3) is 1.00. The molecule has 18 heteroatoms. The van der Waals surface area contributed by atoms with E-state index in [-0.39, 0.29) is 12.5 Å². The van der Waals surface area contributed by atoms with Crippen LogP contribution in [0.1, 0.15) is 20.8 Å². The molecule has 0 unspecified atom stereocenters. The molecule has 0 amide bonds. The minimum absolute atomic E-state index is 0.0531. The second kappa shape index (κ2) is 15.7. The molecule has 264 valence electrons. The Bertz CT molecular complexity index is 911. The van der Waals surface area contributed by atoms with Gasteiger partial charge in [0.05, 0.1) is 38.6 Å². The van der Waals surface area contributed by atoms with Gasteiger partial charge >= 0.3 is 0 Å². The van der Waals surface area contributed by atoms with Gasteiger partial charge in [0.2, 0.25) is 0 Å². The van der Waals surface area contributed by atoms with Gasteiger partial charge in [0.25, 0.3) is 0 Å². The molecule has 0 aromatic heterocycles. The summed E-state index contributed by atoms with van der Waals surface area (Å²) in [7, 11) is 0. The Hall–Kier alpha value is -0.720. The third-order valence-electron chi connectivity index (χ3n) is 8.81. The van der Waals surface area contributed by atoms with Gasteiger partial charge < -0.3 is 89.3 Å². The van der Waals surface area contributed by atoms with Crippen LogP contribution in [0, 0.1) is 11.8 Å². The van der Waals surface area contributed by atoms with E-state index >= 15 is 0 Å². The zero-order valence-corrected chi connectivity index (χ0v) is 25.2. The minimum atomic E-state index is -1.93. The van der Waals surface area contributed by atoms with Crippen molar-refractivity contribution in [2.45, 2.75) is 131 Å². The Kier molecular flexibility index (Phi) is 12.9. The van der Waals surface area contributed by atoms with E-state index < -0.39 is 136 Å². The lowest BCUT2D eigenvalue weighted by atomic mass is 9.89. The largest absolute Gasteiger partial charge is 0.394 e. The monoisotopic (exact) mass is 660 g/mol. The summed E-state index contributed by atoms with van der Waals surface area (Å²) in [5.74, 6) is -0.754. The summed E-state index contributed by atoms with van der Waals surface area (Å²) in [6, 6.07) is 0. The number of rotatable bonds is 10. The molecule has 4 heterocycles. The maximum absolute atomic E-state index is 11.2. The third kappa shape index (κ3) is 7.64. The number of hydrogen-bond acceptors (Lipinski definition) is 18. The standard InChI is InChI=1S/C27H48O18/c1-8(2)21-17(35)18(36)22(12(6-30)40-21)43-27-24(45-26-20(38)16(34)14(32)10(4-28)41-26)23(15(33)11(5-29)42-27)44-25-19(37)13(31)9(3)7-39-25/h8-38H,4-7H2,1-3H3/t9-,10-,11-,12-,13+,14-,15-,16+,17-,18-,19-,20-,21+,22+,23+,24-,25+,26+,27-/m1/s1. The van der Waals surface area contributed by atoms with Crippen LogP contribution in [0.15, 0.2) is 0 Å². The Morgan fingerprint density at radius 1 is 0.533 bits per heavy atom.